The van der Waals surface area contributed by atoms with Crippen LogP contribution in [0.5, 0.6) is 6.01 Å². The lowest BCUT2D eigenvalue weighted by molar-refractivity contribution is 0.102. The van der Waals surface area contributed by atoms with Gasteiger partial charge in [-0.2, -0.15) is 0 Å². The first kappa shape index (κ1) is 13.8. The quantitative estimate of drug-likeness (QED) is 0.919. The minimum absolute atomic E-state index is 0.206. The molecule has 0 aliphatic rings. The first-order valence-corrected chi connectivity index (χ1v) is 6.05. The number of nitrogens with zero attached hydrogens (tertiary/aromatic N) is 3. The van der Waals surface area contributed by atoms with Gasteiger partial charge in [-0.1, -0.05) is 6.07 Å². The molecule has 0 spiro atoms. The zero-order valence-electron chi connectivity index (χ0n) is 11.6. The Labute approximate surface area is 117 Å². The number of hydrogen-bond acceptors (Lipinski definition) is 5. The summed E-state index contributed by atoms with van der Waals surface area (Å²) >= 11 is 0. The fourth-order valence-electron chi connectivity index (χ4n) is 1.61. The number of nitrogens with one attached hydrogen (secondary N) is 1. The summed E-state index contributed by atoms with van der Waals surface area (Å²) in [5.74, 6) is -0.206. The molecule has 20 heavy (non-hydrogen) atoms. The molecule has 1 amide bonds. The maximum atomic E-state index is 12.1. The number of carbonyl (C=O) groups is 1. The van der Waals surface area contributed by atoms with Crippen LogP contribution in [0.15, 0.2) is 36.7 Å². The Morgan fingerprint density at radius 3 is 2.55 bits per heavy atom. The summed E-state index contributed by atoms with van der Waals surface area (Å²) in [5, 5.41) is 2.74. The molecule has 1 heterocycles. The molecule has 2 aromatic rings. The van der Waals surface area contributed by atoms with Crippen molar-refractivity contribution in [2.45, 2.75) is 0 Å². The highest BCUT2D eigenvalue weighted by Gasteiger charge is 2.08. The summed E-state index contributed by atoms with van der Waals surface area (Å²) in [6.45, 7) is 0. The minimum atomic E-state index is -0.206. The van der Waals surface area contributed by atoms with Gasteiger partial charge in [-0.15, -0.1) is 0 Å². The van der Waals surface area contributed by atoms with Crippen LogP contribution in [0.25, 0.3) is 0 Å². The number of amides is 1. The maximum absolute atomic E-state index is 12.1. The van der Waals surface area contributed by atoms with E-state index in [1.165, 1.54) is 19.5 Å². The molecule has 1 aromatic carbocycles. The Morgan fingerprint density at radius 1 is 1.25 bits per heavy atom. The van der Waals surface area contributed by atoms with E-state index in [0.717, 1.165) is 5.69 Å². The zero-order chi connectivity index (χ0) is 14.5. The van der Waals surface area contributed by atoms with E-state index in [-0.39, 0.29) is 11.9 Å². The summed E-state index contributed by atoms with van der Waals surface area (Å²) in [4.78, 5) is 21.9. The molecule has 0 fully saturated rings. The van der Waals surface area contributed by atoms with Crippen molar-refractivity contribution in [3.8, 4) is 6.01 Å². The maximum Gasteiger partial charge on any atom is 0.316 e. The number of methoxy groups -OCH3 is 1. The van der Waals surface area contributed by atoms with Crippen molar-refractivity contribution in [1.29, 1.82) is 0 Å². The number of anilines is 2. The Kier molecular flexibility index (Phi) is 4.14. The van der Waals surface area contributed by atoms with Crippen molar-refractivity contribution in [3.05, 3.63) is 42.2 Å². The Balaban J connectivity index is 2.12. The van der Waals surface area contributed by atoms with Gasteiger partial charge >= 0.3 is 6.01 Å². The molecule has 6 heteroatoms. The van der Waals surface area contributed by atoms with Gasteiger partial charge in [-0.05, 0) is 18.2 Å². The standard InChI is InChI=1S/C14H16N4O2/c1-18(2)12-6-4-5-10(7-12)13(19)17-11-8-15-14(20-3)16-9-11/h4-9H,1-3H3,(H,17,19). The lowest BCUT2D eigenvalue weighted by Gasteiger charge is -2.13. The molecule has 0 bridgehead atoms. The molecular weight excluding hydrogens is 256 g/mol. The molecule has 0 atom stereocenters. The van der Waals surface area contributed by atoms with E-state index in [1.54, 1.807) is 6.07 Å². The number of benzene rings is 1. The van der Waals surface area contributed by atoms with Gasteiger partial charge in [0, 0.05) is 25.3 Å². The average molecular weight is 272 g/mol. The third-order valence-corrected chi connectivity index (χ3v) is 2.69. The second kappa shape index (κ2) is 6.01. The van der Waals surface area contributed by atoms with Crippen LogP contribution in [0, 0.1) is 0 Å². The van der Waals surface area contributed by atoms with Crippen molar-refractivity contribution in [3.63, 3.8) is 0 Å². The predicted molar refractivity (Wildman–Crippen MR) is 77.3 cm³/mol. The van der Waals surface area contributed by atoms with Crippen molar-refractivity contribution in [1.82, 2.24) is 9.97 Å². The highest BCUT2D eigenvalue weighted by molar-refractivity contribution is 6.04. The third kappa shape index (κ3) is 3.23. The van der Waals surface area contributed by atoms with Gasteiger partial charge in [0.05, 0.1) is 25.2 Å². The van der Waals surface area contributed by atoms with E-state index in [1.807, 2.05) is 37.2 Å². The Bertz CT molecular complexity index is 596. The summed E-state index contributed by atoms with van der Waals surface area (Å²) in [6.07, 6.45) is 3.00. The summed E-state index contributed by atoms with van der Waals surface area (Å²) in [6, 6.07) is 7.62. The molecule has 1 N–H and O–H groups in total. The molecular formula is C14H16N4O2. The second-order valence-electron chi connectivity index (χ2n) is 4.36. The molecule has 0 saturated carbocycles. The monoisotopic (exact) mass is 272 g/mol. The lowest BCUT2D eigenvalue weighted by atomic mass is 10.2. The molecule has 104 valence electrons. The topological polar surface area (TPSA) is 67.3 Å². The van der Waals surface area contributed by atoms with Gasteiger partial charge in [0.15, 0.2) is 0 Å². The van der Waals surface area contributed by atoms with Crippen LogP contribution < -0.4 is 15.0 Å². The van der Waals surface area contributed by atoms with E-state index < -0.39 is 0 Å². The zero-order valence-corrected chi connectivity index (χ0v) is 11.6. The second-order valence-corrected chi connectivity index (χ2v) is 4.36. The van der Waals surface area contributed by atoms with Crippen LogP contribution in [0.1, 0.15) is 10.4 Å². The van der Waals surface area contributed by atoms with Crippen LogP contribution in [0.2, 0.25) is 0 Å². The van der Waals surface area contributed by atoms with E-state index in [9.17, 15) is 4.79 Å². The van der Waals surface area contributed by atoms with E-state index in [4.69, 9.17) is 4.74 Å². The Morgan fingerprint density at radius 2 is 1.95 bits per heavy atom. The van der Waals surface area contributed by atoms with Gasteiger partial charge in [0.1, 0.15) is 0 Å². The molecule has 0 unspecified atom stereocenters. The number of rotatable bonds is 4. The fraction of sp³-hybridized carbons (Fsp3) is 0.214. The largest absolute Gasteiger partial charge is 0.467 e. The van der Waals surface area contributed by atoms with Crippen LogP contribution in [0.4, 0.5) is 11.4 Å². The van der Waals surface area contributed by atoms with Gasteiger partial charge in [-0.25, -0.2) is 9.97 Å². The third-order valence-electron chi connectivity index (χ3n) is 2.69. The van der Waals surface area contributed by atoms with Crippen molar-refractivity contribution >= 4 is 17.3 Å². The van der Waals surface area contributed by atoms with Gasteiger partial charge in [0.25, 0.3) is 5.91 Å². The molecule has 0 saturated heterocycles. The predicted octanol–water partition coefficient (Wildman–Crippen LogP) is 1.80. The highest BCUT2D eigenvalue weighted by Crippen LogP contribution is 2.15. The summed E-state index contributed by atoms with van der Waals surface area (Å²) < 4.78 is 4.86. The molecule has 1 aromatic heterocycles. The minimum Gasteiger partial charge on any atom is -0.467 e. The fourth-order valence-corrected chi connectivity index (χ4v) is 1.61. The Hall–Kier alpha value is -2.63. The number of aromatic nitrogens is 2. The number of carbonyl (C=O) groups excluding carboxylic acids is 1. The van der Waals surface area contributed by atoms with E-state index in [2.05, 4.69) is 15.3 Å². The average Bonchev–Trinajstić information content (AvgIpc) is 2.48. The van der Waals surface area contributed by atoms with E-state index in [0.29, 0.717) is 11.3 Å². The van der Waals surface area contributed by atoms with Gasteiger partial charge in [0.2, 0.25) is 0 Å². The number of hydrogen-bond donors (Lipinski definition) is 1. The molecule has 6 nitrogen and oxygen atoms in total. The van der Waals surface area contributed by atoms with Crippen LogP contribution in [-0.2, 0) is 0 Å². The first-order chi connectivity index (χ1) is 9.60. The molecule has 0 radical (unpaired) electrons. The van der Waals surface area contributed by atoms with Crippen molar-refractivity contribution in [2.24, 2.45) is 0 Å². The van der Waals surface area contributed by atoms with Crippen molar-refractivity contribution in [2.75, 3.05) is 31.4 Å². The SMILES string of the molecule is COc1ncc(NC(=O)c2cccc(N(C)C)c2)cn1. The smallest absolute Gasteiger partial charge is 0.316 e. The molecule has 0 aliphatic heterocycles. The van der Waals surface area contributed by atoms with Gasteiger partial charge < -0.3 is 15.0 Å². The molecule has 2 rings (SSSR count). The normalized spacial score (nSPS) is 9.95. The summed E-state index contributed by atoms with van der Waals surface area (Å²) in [7, 11) is 5.34. The van der Waals surface area contributed by atoms with Crippen LogP contribution in [0.3, 0.4) is 0 Å². The van der Waals surface area contributed by atoms with Gasteiger partial charge in [-0.3, -0.25) is 4.79 Å². The lowest BCUT2D eigenvalue weighted by Crippen LogP contribution is -2.14. The van der Waals surface area contributed by atoms with E-state index >= 15 is 0 Å². The van der Waals surface area contributed by atoms with Crippen LogP contribution in [-0.4, -0.2) is 37.1 Å². The highest BCUT2D eigenvalue weighted by atomic mass is 16.5. The summed E-state index contributed by atoms with van der Waals surface area (Å²) in [5.41, 5.74) is 2.06. The molecule has 0 aliphatic carbocycles. The number of ether oxygens (including phenoxy) is 1. The first-order valence-electron chi connectivity index (χ1n) is 6.05. The van der Waals surface area contributed by atoms with Crippen molar-refractivity contribution < 1.29 is 9.53 Å². The van der Waals surface area contributed by atoms with Crippen LogP contribution >= 0.6 is 0 Å².